The molecule has 0 spiro atoms. The predicted molar refractivity (Wildman–Crippen MR) is 102 cm³/mol. The highest BCUT2D eigenvalue weighted by Crippen LogP contribution is 2.38. The van der Waals surface area contributed by atoms with Gasteiger partial charge in [0.15, 0.2) is 0 Å². The average molecular weight is 405 g/mol. The molecule has 1 aromatic carbocycles. The van der Waals surface area contributed by atoms with Gasteiger partial charge in [-0.2, -0.15) is 0 Å². The van der Waals surface area contributed by atoms with Crippen molar-refractivity contribution in [2.24, 2.45) is 5.41 Å². The Kier molecular flexibility index (Phi) is 6.01. The molecule has 0 atom stereocenters. The van der Waals surface area contributed by atoms with Gasteiger partial charge in [0.05, 0.1) is 31.9 Å². The van der Waals surface area contributed by atoms with Gasteiger partial charge in [-0.1, -0.05) is 20.8 Å². The van der Waals surface area contributed by atoms with E-state index in [0.717, 1.165) is 18.8 Å². The third-order valence-corrected chi connectivity index (χ3v) is 4.23. The number of carbonyl (C=O) groups excluding carboxylic acids is 4. The van der Waals surface area contributed by atoms with E-state index >= 15 is 0 Å². The van der Waals surface area contributed by atoms with Gasteiger partial charge in [-0.25, -0.2) is 14.4 Å². The van der Waals surface area contributed by atoms with Gasteiger partial charge >= 0.3 is 17.9 Å². The second-order valence-corrected chi connectivity index (χ2v) is 7.18. The van der Waals surface area contributed by atoms with Crippen molar-refractivity contribution in [3.63, 3.8) is 0 Å². The maximum Gasteiger partial charge on any atom is 0.342 e. The number of ether oxygens (including phenoxy) is 3. The molecule has 9 heteroatoms. The SMILES string of the molecule is CCOC(=O)c1c(C(=O)OC)c(C(=O)OC)c2c(ccn2C(=O)C(C)(C)C)c1O. The van der Waals surface area contributed by atoms with E-state index in [2.05, 4.69) is 0 Å². The molecule has 0 saturated heterocycles. The number of fused-ring (bicyclic) bond motifs is 1. The van der Waals surface area contributed by atoms with E-state index in [1.807, 2.05) is 0 Å². The molecular weight excluding hydrogens is 382 g/mol. The van der Waals surface area contributed by atoms with Gasteiger partial charge in [0.1, 0.15) is 16.9 Å². The minimum atomic E-state index is -1.07. The Labute approximate surface area is 167 Å². The lowest BCUT2D eigenvalue weighted by atomic mass is 9.93. The first-order valence-electron chi connectivity index (χ1n) is 8.79. The monoisotopic (exact) mass is 405 g/mol. The summed E-state index contributed by atoms with van der Waals surface area (Å²) in [5, 5.41) is 10.8. The lowest BCUT2D eigenvalue weighted by Crippen LogP contribution is -2.27. The highest BCUT2D eigenvalue weighted by Gasteiger charge is 2.36. The summed E-state index contributed by atoms with van der Waals surface area (Å²) in [4.78, 5) is 50.6. The van der Waals surface area contributed by atoms with Gasteiger partial charge in [0.25, 0.3) is 0 Å². The summed E-state index contributed by atoms with van der Waals surface area (Å²) < 4.78 is 15.6. The Balaban J connectivity index is 3.11. The van der Waals surface area contributed by atoms with E-state index in [1.165, 1.54) is 12.3 Å². The number of rotatable bonds is 4. The number of esters is 3. The fourth-order valence-corrected chi connectivity index (χ4v) is 2.91. The van der Waals surface area contributed by atoms with Gasteiger partial charge < -0.3 is 19.3 Å². The summed E-state index contributed by atoms with van der Waals surface area (Å²) in [6.45, 7) is 6.53. The lowest BCUT2D eigenvalue weighted by Gasteiger charge is -2.20. The number of phenols is 1. The van der Waals surface area contributed by atoms with Crippen molar-refractivity contribution in [1.82, 2.24) is 4.57 Å². The number of aromatic nitrogens is 1. The molecule has 29 heavy (non-hydrogen) atoms. The van der Waals surface area contributed by atoms with Crippen LogP contribution in [-0.2, 0) is 14.2 Å². The number of phenolic OH excluding ortho intramolecular Hbond substituents is 1. The zero-order chi connectivity index (χ0) is 22.1. The molecule has 0 unspecified atom stereocenters. The topological polar surface area (TPSA) is 121 Å². The molecule has 0 radical (unpaired) electrons. The molecule has 2 rings (SSSR count). The second-order valence-electron chi connectivity index (χ2n) is 7.18. The number of methoxy groups -OCH3 is 2. The Hall–Kier alpha value is -3.36. The van der Waals surface area contributed by atoms with Crippen LogP contribution in [0.4, 0.5) is 0 Å². The number of aromatic hydroxyl groups is 1. The zero-order valence-electron chi connectivity index (χ0n) is 17.1. The summed E-state index contributed by atoms with van der Waals surface area (Å²) >= 11 is 0. The minimum Gasteiger partial charge on any atom is -0.506 e. The van der Waals surface area contributed by atoms with E-state index in [0.29, 0.717) is 0 Å². The Bertz CT molecular complexity index is 1010. The van der Waals surface area contributed by atoms with Crippen molar-refractivity contribution in [2.45, 2.75) is 27.7 Å². The molecule has 1 N–H and O–H groups in total. The number of nitrogens with zero attached hydrogens (tertiary/aromatic N) is 1. The van der Waals surface area contributed by atoms with Crippen LogP contribution in [0, 0.1) is 5.41 Å². The number of hydrogen-bond donors (Lipinski definition) is 1. The summed E-state index contributed by atoms with van der Waals surface area (Å²) in [5.74, 6) is -4.08. The van der Waals surface area contributed by atoms with Crippen molar-refractivity contribution >= 4 is 34.7 Å². The first-order valence-corrected chi connectivity index (χ1v) is 8.79. The molecule has 0 amide bonds. The maximum atomic E-state index is 12.9. The average Bonchev–Trinajstić information content (AvgIpc) is 3.10. The first-order chi connectivity index (χ1) is 13.5. The molecule has 9 nitrogen and oxygen atoms in total. The van der Waals surface area contributed by atoms with E-state index in [1.54, 1.807) is 27.7 Å². The lowest BCUT2D eigenvalue weighted by molar-refractivity contribution is 0.0496. The van der Waals surface area contributed by atoms with Crippen molar-refractivity contribution in [2.75, 3.05) is 20.8 Å². The van der Waals surface area contributed by atoms with Gasteiger partial charge in [-0.3, -0.25) is 9.36 Å². The highest BCUT2D eigenvalue weighted by molar-refractivity contribution is 6.20. The smallest absolute Gasteiger partial charge is 0.342 e. The molecule has 0 bridgehead atoms. The summed E-state index contributed by atoms with van der Waals surface area (Å²) in [6, 6.07) is 1.37. The van der Waals surface area contributed by atoms with Crippen molar-refractivity contribution in [3.05, 3.63) is 29.0 Å². The van der Waals surface area contributed by atoms with E-state index < -0.39 is 46.1 Å². The van der Waals surface area contributed by atoms with Crippen LogP contribution >= 0.6 is 0 Å². The standard InChI is InChI=1S/C20H23NO8/c1-7-29-18(25)13-11(16(23)27-5)12(17(24)28-6)14-10(15(13)22)8-9-21(14)19(26)20(2,3)4/h8-9,22H,7H2,1-6H3. The predicted octanol–water partition coefficient (Wildman–Crippen LogP) is 2.78. The Morgan fingerprint density at radius 1 is 0.966 bits per heavy atom. The van der Waals surface area contributed by atoms with Crippen LogP contribution < -0.4 is 0 Å². The zero-order valence-corrected chi connectivity index (χ0v) is 17.1. The second kappa shape index (κ2) is 7.94. The number of hydrogen-bond acceptors (Lipinski definition) is 8. The highest BCUT2D eigenvalue weighted by atomic mass is 16.5. The fourth-order valence-electron chi connectivity index (χ4n) is 2.91. The van der Waals surface area contributed by atoms with Crippen LogP contribution in [0.15, 0.2) is 12.3 Å². The number of benzene rings is 1. The van der Waals surface area contributed by atoms with Crippen molar-refractivity contribution in [3.8, 4) is 5.75 Å². The van der Waals surface area contributed by atoms with Gasteiger partial charge in [-0.15, -0.1) is 0 Å². The molecule has 1 aromatic heterocycles. The molecule has 1 heterocycles. The fraction of sp³-hybridized carbons (Fsp3) is 0.400. The normalized spacial score (nSPS) is 11.2. The summed E-state index contributed by atoms with van der Waals surface area (Å²) in [7, 11) is 2.14. The van der Waals surface area contributed by atoms with E-state index in [9.17, 15) is 24.3 Å². The van der Waals surface area contributed by atoms with Gasteiger partial charge in [-0.05, 0) is 13.0 Å². The third-order valence-electron chi connectivity index (χ3n) is 4.23. The summed E-state index contributed by atoms with van der Waals surface area (Å²) in [5.41, 5.74) is -2.36. The number of carbonyl (C=O) groups is 4. The molecule has 0 fully saturated rings. The molecule has 0 saturated carbocycles. The van der Waals surface area contributed by atoms with Gasteiger partial charge in [0, 0.05) is 17.0 Å². The van der Waals surface area contributed by atoms with Crippen LogP contribution in [0.25, 0.3) is 10.9 Å². The molecule has 2 aromatic rings. The van der Waals surface area contributed by atoms with Crippen molar-refractivity contribution in [1.29, 1.82) is 0 Å². The maximum absolute atomic E-state index is 12.9. The molecule has 0 aliphatic rings. The van der Waals surface area contributed by atoms with Crippen LogP contribution in [0.5, 0.6) is 5.75 Å². The minimum absolute atomic E-state index is 0.0127. The quantitative estimate of drug-likeness (QED) is 0.609. The Morgan fingerprint density at radius 2 is 1.52 bits per heavy atom. The Morgan fingerprint density at radius 3 is 2.00 bits per heavy atom. The molecule has 0 aliphatic carbocycles. The van der Waals surface area contributed by atoms with Crippen LogP contribution in [0.2, 0.25) is 0 Å². The largest absolute Gasteiger partial charge is 0.506 e. The van der Waals surface area contributed by atoms with E-state index in [-0.39, 0.29) is 23.1 Å². The van der Waals surface area contributed by atoms with Crippen molar-refractivity contribution < 1.29 is 38.5 Å². The van der Waals surface area contributed by atoms with Gasteiger partial charge in [0.2, 0.25) is 5.91 Å². The molecule has 156 valence electrons. The van der Waals surface area contributed by atoms with Crippen LogP contribution in [-0.4, -0.2) is 54.3 Å². The van der Waals surface area contributed by atoms with E-state index in [4.69, 9.17) is 14.2 Å². The third kappa shape index (κ3) is 3.67. The molecule has 0 aliphatic heterocycles. The molecular formula is C20H23NO8. The van der Waals surface area contributed by atoms with Crippen LogP contribution in [0.1, 0.15) is 63.6 Å². The van der Waals surface area contributed by atoms with Crippen LogP contribution in [0.3, 0.4) is 0 Å². The summed E-state index contributed by atoms with van der Waals surface area (Å²) in [6.07, 6.45) is 1.35. The first kappa shape index (κ1) is 21.9.